The molecule has 0 fully saturated rings. The van der Waals surface area contributed by atoms with Gasteiger partial charge in [0, 0.05) is 0 Å². The summed E-state index contributed by atoms with van der Waals surface area (Å²) in [5, 5.41) is 0. The molecule has 0 saturated carbocycles. The van der Waals surface area contributed by atoms with E-state index in [4.69, 9.17) is 0 Å². The van der Waals surface area contributed by atoms with Crippen molar-refractivity contribution in [1.29, 1.82) is 0 Å². The number of hydrogen-bond donors (Lipinski definition) is 0. The van der Waals surface area contributed by atoms with E-state index in [2.05, 4.69) is 19.9 Å². The first-order valence-corrected chi connectivity index (χ1v) is 3.95. The van der Waals surface area contributed by atoms with Gasteiger partial charge in [-0.05, 0) is 6.92 Å². The van der Waals surface area contributed by atoms with Gasteiger partial charge in [-0.2, -0.15) is 0 Å². The lowest BCUT2D eigenvalue weighted by molar-refractivity contribution is 1.52. The van der Waals surface area contributed by atoms with Crippen LogP contribution >= 0.6 is 7.55 Å². The molecule has 0 aromatic carbocycles. The Balaban J connectivity index is 0. The topological polar surface area (TPSA) is 0 Å². The zero-order chi connectivity index (χ0) is 4.28. The maximum absolute atomic E-state index is 3.82. The normalized spacial score (nSPS) is 9.33. The predicted molar refractivity (Wildman–Crippen MR) is 37.2 cm³/mol. The largest absolute Gasteiger partial charge is 0.103 e. The summed E-state index contributed by atoms with van der Waals surface area (Å²) in [6, 6.07) is 0. The lowest BCUT2D eigenvalue weighted by Crippen LogP contribution is -1.56. The van der Waals surface area contributed by atoms with E-state index in [9.17, 15) is 0 Å². The number of hydrogen-bond acceptors (Lipinski definition) is 0. The highest BCUT2D eigenvalue weighted by Crippen LogP contribution is 2.08. The molecule has 0 nitrogen and oxygen atoms in total. The van der Waals surface area contributed by atoms with Crippen LogP contribution in [0.2, 0.25) is 0 Å². The molecular formula is C5H14P+. The van der Waals surface area contributed by atoms with Gasteiger partial charge in [0.15, 0.2) is 0 Å². The van der Waals surface area contributed by atoms with Crippen molar-refractivity contribution in [1.82, 2.24) is 0 Å². The first kappa shape index (κ1) is 9.48. The molecule has 0 aromatic rings. The molecule has 38 valence electrons. The third-order valence-electron chi connectivity index (χ3n) is 0.540. The van der Waals surface area contributed by atoms with Crippen LogP contribution in [-0.2, 0) is 0 Å². The molecular weight excluding hydrogens is 91.0 g/mol. The van der Waals surface area contributed by atoms with Crippen LogP contribution < -0.4 is 0 Å². The second-order valence-electron chi connectivity index (χ2n) is 1.17. The smallest absolute Gasteiger partial charge is 0.0776 e. The van der Waals surface area contributed by atoms with Crippen molar-refractivity contribution in [2.75, 3.05) is 12.8 Å². The molecule has 0 heterocycles. The molecule has 0 amide bonds. The molecule has 6 heavy (non-hydrogen) atoms. The molecule has 0 spiro atoms. The molecule has 0 aromatic heterocycles. The highest BCUT2D eigenvalue weighted by Gasteiger charge is 1.81. The van der Waals surface area contributed by atoms with Crippen molar-refractivity contribution in [2.45, 2.75) is 14.4 Å². The summed E-state index contributed by atoms with van der Waals surface area (Å²) in [6.45, 7) is 4.34. The van der Waals surface area contributed by atoms with Crippen molar-refractivity contribution >= 4 is 13.8 Å². The van der Waals surface area contributed by atoms with Gasteiger partial charge < -0.3 is 0 Å². The van der Waals surface area contributed by atoms with Gasteiger partial charge in [0.2, 0.25) is 0 Å². The average Bonchev–Trinajstić information content (AvgIpc) is 1.38. The lowest BCUT2D eigenvalue weighted by Gasteiger charge is -1.65. The second-order valence-corrected chi connectivity index (χ2v) is 3.52. The van der Waals surface area contributed by atoms with Gasteiger partial charge in [0.1, 0.15) is 6.16 Å². The Morgan fingerprint density at radius 3 is 1.83 bits per heavy atom. The Hall–Kier alpha value is 0.170. The SMILES string of the molecule is C.C=[P+](C)CC. The molecule has 0 bridgehead atoms. The highest BCUT2D eigenvalue weighted by atomic mass is 31.1. The predicted octanol–water partition coefficient (Wildman–Crippen LogP) is 2.19. The first-order valence-electron chi connectivity index (χ1n) is 1.79. The van der Waals surface area contributed by atoms with Crippen LogP contribution in [0.5, 0.6) is 0 Å². The summed E-state index contributed by atoms with van der Waals surface area (Å²) >= 11 is 0. The van der Waals surface area contributed by atoms with Crippen LogP contribution in [-0.4, -0.2) is 19.1 Å². The van der Waals surface area contributed by atoms with Crippen LogP contribution in [0.15, 0.2) is 0 Å². The monoisotopic (exact) mass is 105 g/mol. The average molecular weight is 105 g/mol. The van der Waals surface area contributed by atoms with Crippen molar-refractivity contribution in [2.24, 2.45) is 0 Å². The highest BCUT2D eigenvalue weighted by molar-refractivity contribution is 7.54. The minimum atomic E-state index is 0. The fourth-order valence-corrected chi connectivity index (χ4v) is 0. The summed E-state index contributed by atoms with van der Waals surface area (Å²) in [7, 11) is 0.152. The third-order valence-corrected chi connectivity index (χ3v) is 1.62. The Morgan fingerprint density at radius 1 is 1.67 bits per heavy atom. The quantitative estimate of drug-likeness (QED) is 0.448. The third kappa shape index (κ3) is 8.90. The van der Waals surface area contributed by atoms with E-state index < -0.39 is 0 Å². The summed E-state index contributed by atoms with van der Waals surface area (Å²) in [5.41, 5.74) is 0. The molecule has 0 aliphatic heterocycles. The first-order chi connectivity index (χ1) is 2.27. The summed E-state index contributed by atoms with van der Waals surface area (Å²) in [5.74, 6) is 0. The van der Waals surface area contributed by atoms with E-state index in [0.29, 0.717) is 0 Å². The van der Waals surface area contributed by atoms with Crippen molar-refractivity contribution in [3.05, 3.63) is 0 Å². The standard InChI is InChI=1S/C4H10P.CH4/c1-4-5(2)3;/h2,4H2,1,3H3;1H4/q+1;. The summed E-state index contributed by atoms with van der Waals surface area (Å²) in [6.07, 6.45) is 5.08. The van der Waals surface area contributed by atoms with Gasteiger partial charge in [-0.3, -0.25) is 0 Å². The van der Waals surface area contributed by atoms with Crippen LogP contribution in [0, 0.1) is 0 Å². The fraction of sp³-hybridized carbons (Fsp3) is 0.800. The molecule has 1 unspecified atom stereocenters. The molecule has 0 radical (unpaired) electrons. The van der Waals surface area contributed by atoms with Gasteiger partial charge in [-0.1, -0.05) is 7.43 Å². The van der Waals surface area contributed by atoms with Crippen LogP contribution in [0.25, 0.3) is 0 Å². The Bertz CT molecular complexity index is 39.2. The minimum absolute atomic E-state index is 0. The van der Waals surface area contributed by atoms with E-state index in [0.717, 1.165) is 0 Å². The fourth-order valence-electron chi connectivity index (χ4n) is 0. The van der Waals surface area contributed by atoms with E-state index in [-0.39, 0.29) is 15.0 Å². The Morgan fingerprint density at radius 2 is 1.83 bits per heavy atom. The zero-order valence-corrected chi connectivity index (χ0v) is 4.76. The maximum Gasteiger partial charge on any atom is 0.103 e. The van der Waals surface area contributed by atoms with Crippen molar-refractivity contribution in [3.63, 3.8) is 0 Å². The van der Waals surface area contributed by atoms with Gasteiger partial charge >= 0.3 is 0 Å². The minimum Gasteiger partial charge on any atom is -0.0776 e. The van der Waals surface area contributed by atoms with Gasteiger partial charge in [-0.25, -0.2) is 0 Å². The molecule has 0 aliphatic carbocycles. The molecule has 0 aliphatic rings. The van der Waals surface area contributed by atoms with E-state index in [1.807, 2.05) is 0 Å². The molecule has 0 rings (SSSR count). The van der Waals surface area contributed by atoms with Crippen LogP contribution in [0.3, 0.4) is 0 Å². The van der Waals surface area contributed by atoms with Gasteiger partial charge in [0.05, 0.1) is 20.5 Å². The van der Waals surface area contributed by atoms with Crippen molar-refractivity contribution < 1.29 is 0 Å². The van der Waals surface area contributed by atoms with E-state index >= 15 is 0 Å². The number of rotatable bonds is 1. The van der Waals surface area contributed by atoms with Crippen LogP contribution in [0.4, 0.5) is 0 Å². The van der Waals surface area contributed by atoms with Crippen molar-refractivity contribution in [3.8, 4) is 0 Å². The van der Waals surface area contributed by atoms with Gasteiger partial charge in [0.25, 0.3) is 0 Å². The van der Waals surface area contributed by atoms with E-state index in [1.165, 1.54) is 6.16 Å². The molecule has 1 atom stereocenters. The summed E-state index contributed by atoms with van der Waals surface area (Å²) < 4.78 is 0. The lowest BCUT2D eigenvalue weighted by atomic mass is 11.0. The maximum atomic E-state index is 3.82. The molecule has 1 heteroatoms. The molecule has 0 N–H and O–H groups in total. The Labute approximate surface area is 42.0 Å². The zero-order valence-electron chi connectivity index (χ0n) is 3.86. The van der Waals surface area contributed by atoms with E-state index in [1.54, 1.807) is 0 Å². The van der Waals surface area contributed by atoms with Crippen LogP contribution in [0.1, 0.15) is 14.4 Å². The van der Waals surface area contributed by atoms with Gasteiger partial charge in [-0.15, -0.1) is 0 Å². The second kappa shape index (κ2) is 5.17. The Kier molecular flexibility index (Phi) is 8.17. The summed E-state index contributed by atoms with van der Waals surface area (Å²) in [4.78, 5) is 0. The molecule has 0 saturated heterocycles.